The van der Waals surface area contributed by atoms with Gasteiger partial charge >= 0.3 is 0 Å². The van der Waals surface area contributed by atoms with Gasteiger partial charge < -0.3 is 14.4 Å². The minimum absolute atomic E-state index is 0.109. The molecule has 128 valence electrons. The number of methoxy groups -OCH3 is 1. The second-order valence-electron chi connectivity index (χ2n) is 5.43. The first kappa shape index (κ1) is 17.7. The topological polar surface area (TPSA) is 84.9 Å². The van der Waals surface area contributed by atoms with E-state index in [1.165, 1.54) is 24.0 Å². The van der Waals surface area contributed by atoms with Crippen molar-refractivity contribution >= 4 is 21.6 Å². The lowest BCUT2D eigenvalue weighted by Gasteiger charge is -2.33. The largest absolute Gasteiger partial charge is 0.487 e. The van der Waals surface area contributed by atoms with Crippen molar-refractivity contribution < 1.29 is 22.7 Å². The molecule has 1 aromatic carbocycles. The molecule has 1 N–H and O–H groups in total. The van der Waals surface area contributed by atoms with E-state index in [9.17, 15) is 13.2 Å². The molecule has 1 aliphatic heterocycles. The van der Waals surface area contributed by atoms with Crippen molar-refractivity contribution in [2.75, 3.05) is 31.7 Å². The fraction of sp³-hybridized carbons (Fsp3) is 0.533. The fourth-order valence-corrected chi connectivity index (χ4v) is 3.48. The summed E-state index contributed by atoms with van der Waals surface area (Å²) in [5.41, 5.74) is 0.482. The highest BCUT2D eigenvalue weighted by Crippen LogP contribution is 2.35. The van der Waals surface area contributed by atoms with Crippen LogP contribution >= 0.6 is 0 Å². The van der Waals surface area contributed by atoms with E-state index < -0.39 is 10.0 Å². The Morgan fingerprint density at radius 2 is 2.22 bits per heavy atom. The molecule has 0 spiro atoms. The zero-order valence-electron chi connectivity index (χ0n) is 13.5. The normalized spacial score (nSPS) is 17.5. The van der Waals surface area contributed by atoms with Crippen molar-refractivity contribution in [2.45, 2.75) is 31.3 Å². The molecule has 0 bridgehead atoms. The molecule has 2 rings (SSSR count). The Balaban J connectivity index is 2.25. The van der Waals surface area contributed by atoms with Crippen LogP contribution in [0.4, 0.5) is 5.69 Å². The number of hydrogen-bond acceptors (Lipinski definition) is 5. The standard InChI is InChI=1S/C15H22N2O5S/c1-11-10-17(12(2)18)14-9-13(5-6-15(14)22-11)23(19,20)16-7-4-8-21-3/h5-6,9,11,16H,4,7-8,10H2,1-3H3. The number of amides is 1. The van der Waals surface area contributed by atoms with Crippen LogP contribution in [0.1, 0.15) is 20.3 Å². The van der Waals surface area contributed by atoms with Gasteiger partial charge in [0.1, 0.15) is 11.9 Å². The molecule has 0 aliphatic carbocycles. The van der Waals surface area contributed by atoms with E-state index in [4.69, 9.17) is 9.47 Å². The minimum atomic E-state index is -3.64. The molecular formula is C15H22N2O5S. The number of carbonyl (C=O) groups excluding carboxylic acids is 1. The monoisotopic (exact) mass is 342 g/mol. The number of fused-ring (bicyclic) bond motifs is 1. The van der Waals surface area contributed by atoms with Crippen molar-refractivity contribution in [1.82, 2.24) is 4.72 Å². The quantitative estimate of drug-likeness (QED) is 0.784. The van der Waals surface area contributed by atoms with E-state index in [2.05, 4.69) is 4.72 Å². The van der Waals surface area contributed by atoms with E-state index >= 15 is 0 Å². The zero-order chi connectivity index (χ0) is 17.0. The van der Waals surface area contributed by atoms with Gasteiger partial charge in [0.05, 0.1) is 17.1 Å². The summed E-state index contributed by atoms with van der Waals surface area (Å²) in [4.78, 5) is 13.4. The van der Waals surface area contributed by atoms with Crippen LogP contribution in [0, 0.1) is 0 Å². The van der Waals surface area contributed by atoms with Crippen LogP contribution in [0.25, 0.3) is 0 Å². The number of benzene rings is 1. The van der Waals surface area contributed by atoms with Crippen molar-refractivity contribution in [1.29, 1.82) is 0 Å². The Hall–Kier alpha value is -1.64. The molecule has 0 aromatic heterocycles. The molecule has 1 atom stereocenters. The average Bonchev–Trinajstić information content (AvgIpc) is 2.50. The van der Waals surface area contributed by atoms with E-state index in [1.807, 2.05) is 6.92 Å². The second kappa shape index (κ2) is 7.29. The summed E-state index contributed by atoms with van der Waals surface area (Å²) in [7, 11) is -2.07. The van der Waals surface area contributed by atoms with Crippen LogP contribution in [0.2, 0.25) is 0 Å². The number of hydrogen-bond donors (Lipinski definition) is 1. The van der Waals surface area contributed by atoms with E-state index in [0.717, 1.165) is 0 Å². The lowest BCUT2D eigenvalue weighted by Crippen LogP contribution is -2.41. The highest BCUT2D eigenvalue weighted by atomic mass is 32.2. The van der Waals surface area contributed by atoms with E-state index in [1.54, 1.807) is 13.2 Å². The SMILES string of the molecule is COCCCNS(=O)(=O)c1ccc2c(c1)N(C(C)=O)CC(C)O2. The predicted molar refractivity (Wildman–Crippen MR) is 86.2 cm³/mol. The molecule has 23 heavy (non-hydrogen) atoms. The zero-order valence-corrected chi connectivity index (χ0v) is 14.4. The molecule has 0 saturated carbocycles. The van der Waals surface area contributed by atoms with Crippen molar-refractivity contribution in [3.05, 3.63) is 18.2 Å². The van der Waals surface area contributed by atoms with Crippen LogP contribution in [0.3, 0.4) is 0 Å². The molecule has 1 heterocycles. The van der Waals surface area contributed by atoms with Gasteiger partial charge in [0.15, 0.2) is 0 Å². The maximum absolute atomic E-state index is 12.3. The highest BCUT2D eigenvalue weighted by Gasteiger charge is 2.27. The van der Waals surface area contributed by atoms with E-state index in [0.29, 0.717) is 31.0 Å². The number of nitrogens with zero attached hydrogens (tertiary/aromatic N) is 1. The first-order valence-corrected chi connectivity index (χ1v) is 8.91. The summed E-state index contributed by atoms with van der Waals surface area (Å²) in [5, 5.41) is 0. The molecule has 0 fully saturated rings. The molecule has 7 nitrogen and oxygen atoms in total. The van der Waals surface area contributed by atoms with E-state index in [-0.39, 0.29) is 23.5 Å². The predicted octanol–water partition coefficient (Wildman–Crippen LogP) is 1.14. The third-order valence-corrected chi connectivity index (χ3v) is 4.96. The second-order valence-corrected chi connectivity index (χ2v) is 7.20. The Morgan fingerprint density at radius 3 is 2.87 bits per heavy atom. The Bertz CT molecular complexity index is 674. The third-order valence-electron chi connectivity index (χ3n) is 3.50. The molecule has 0 saturated heterocycles. The minimum Gasteiger partial charge on any atom is -0.487 e. The first-order valence-electron chi connectivity index (χ1n) is 7.42. The van der Waals surface area contributed by atoms with Gasteiger partial charge in [0, 0.05) is 27.2 Å². The number of carbonyl (C=O) groups is 1. The molecule has 1 unspecified atom stereocenters. The summed E-state index contributed by atoms with van der Waals surface area (Å²) in [6.45, 7) is 4.48. The third kappa shape index (κ3) is 4.21. The highest BCUT2D eigenvalue weighted by molar-refractivity contribution is 7.89. The van der Waals surface area contributed by atoms with Crippen LogP contribution in [-0.4, -0.2) is 47.2 Å². The average molecular weight is 342 g/mol. The molecular weight excluding hydrogens is 320 g/mol. The van der Waals surface area contributed by atoms with Crippen LogP contribution in [0.5, 0.6) is 5.75 Å². The summed E-state index contributed by atoms with van der Waals surface area (Å²) < 4.78 is 37.7. The molecule has 8 heteroatoms. The molecule has 1 aromatic rings. The van der Waals surface area contributed by atoms with Gasteiger partial charge in [0.2, 0.25) is 15.9 Å². The summed E-state index contributed by atoms with van der Waals surface area (Å²) >= 11 is 0. The van der Waals surface area contributed by atoms with Gasteiger partial charge in [-0.15, -0.1) is 0 Å². The number of rotatable bonds is 6. The van der Waals surface area contributed by atoms with Gasteiger partial charge in [-0.3, -0.25) is 4.79 Å². The summed E-state index contributed by atoms with van der Waals surface area (Å²) in [6.07, 6.45) is 0.446. The maximum Gasteiger partial charge on any atom is 0.240 e. The molecule has 0 radical (unpaired) electrons. The van der Waals surface area contributed by atoms with Gasteiger partial charge in [-0.05, 0) is 31.5 Å². The van der Waals surface area contributed by atoms with Gasteiger partial charge in [-0.2, -0.15) is 0 Å². The first-order chi connectivity index (χ1) is 10.8. The van der Waals surface area contributed by atoms with Gasteiger partial charge in [-0.1, -0.05) is 0 Å². The molecule has 1 aliphatic rings. The number of sulfonamides is 1. The van der Waals surface area contributed by atoms with Crippen LogP contribution in [0.15, 0.2) is 23.1 Å². The lowest BCUT2D eigenvalue weighted by molar-refractivity contribution is -0.117. The van der Waals surface area contributed by atoms with Gasteiger partial charge in [-0.25, -0.2) is 13.1 Å². The van der Waals surface area contributed by atoms with Crippen molar-refractivity contribution in [3.8, 4) is 5.75 Å². The smallest absolute Gasteiger partial charge is 0.240 e. The maximum atomic E-state index is 12.3. The Kier molecular flexibility index (Phi) is 5.61. The number of anilines is 1. The molecule has 1 amide bonds. The summed E-state index contributed by atoms with van der Waals surface area (Å²) in [5.74, 6) is 0.362. The van der Waals surface area contributed by atoms with Crippen molar-refractivity contribution in [3.63, 3.8) is 0 Å². The number of nitrogens with one attached hydrogen (secondary N) is 1. The van der Waals surface area contributed by atoms with Crippen LogP contribution < -0.4 is 14.4 Å². The summed E-state index contributed by atoms with van der Waals surface area (Å²) in [6, 6.07) is 4.54. The van der Waals surface area contributed by atoms with Crippen LogP contribution in [-0.2, 0) is 19.6 Å². The lowest BCUT2D eigenvalue weighted by atomic mass is 10.2. The fourth-order valence-electron chi connectivity index (χ4n) is 2.39. The van der Waals surface area contributed by atoms with Crippen molar-refractivity contribution in [2.24, 2.45) is 0 Å². The number of ether oxygens (including phenoxy) is 2. The Morgan fingerprint density at radius 1 is 1.48 bits per heavy atom. The Labute approximate surface area is 136 Å². The van der Waals surface area contributed by atoms with Gasteiger partial charge in [0.25, 0.3) is 0 Å².